The van der Waals surface area contributed by atoms with Gasteiger partial charge in [0, 0.05) is 5.52 Å². The Morgan fingerprint density at radius 2 is 1.67 bits per heavy atom. The first-order valence-corrected chi connectivity index (χ1v) is 7.32. The number of carbonyl (C=O) groups is 1. The summed E-state index contributed by atoms with van der Waals surface area (Å²) in [5.41, 5.74) is -0.206. The minimum atomic E-state index is -0.651. The molecule has 0 unspecified atom stereocenters. The van der Waals surface area contributed by atoms with E-state index in [9.17, 15) is 14.4 Å². The lowest BCUT2D eigenvalue weighted by Crippen LogP contribution is -2.23. The zero-order valence-corrected chi connectivity index (χ0v) is 12.4. The molecule has 5 nitrogen and oxygen atoms in total. The van der Waals surface area contributed by atoms with Crippen molar-refractivity contribution in [1.29, 1.82) is 0 Å². The van der Waals surface area contributed by atoms with E-state index < -0.39 is 16.8 Å². The standard InChI is InChI=1S/C19H11NO4/c21-17-12-6-2-4-8-16(12)24-10-14(17)18(22)13-9-11-5-1-3-7-15(11)20-19(13)23/h1-10H,(H,20,23). The number of aromatic amines is 1. The van der Waals surface area contributed by atoms with Crippen molar-refractivity contribution in [1.82, 2.24) is 4.98 Å². The van der Waals surface area contributed by atoms with Crippen molar-refractivity contribution in [3.63, 3.8) is 0 Å². The van der Waals surface area contributed by atoms with Crippen LogP contribution in [0.2, 0.25) is 0 Å². The minimum absolute atomic E-state index is 0.0868. The zero-order chi connectivity index (χ0) is 16.7. The molecule has 2 heterocycles. The molecule has 5 heteroatoms. The lowest BCUT2D eigenvalue weighted by Gasteiger charge is -2.03. The number of para-hydroxylation sites is 2. The molecule has 0 radical (unpaired) electrons. The van der Waals surface area contributed by atoms with E-state index in [1.807, 2.05) is 0 Å². The SMILES string of the molecule is O=C(c1cc2ccccc2[nH]c1=O)c1coc2ccccc2c1=O. The molecule has 0 aliphatic carbocycles. The highest BCUT2D eigenvalue weighted by Gasteiger charge is 2.19. The molecular weight excluding hydrogens is 306 g/mol. The van der Waals surface area contributed by atoms with Gasteiger partial charge in [-0.3, -0.25) is 14.4 Å². The first-order chi connectivity index (χ1) is 11.6. The Kier molecular flexibility index (Phi) is 3.13. The molecule has 0 amide bonds. The highest BCUT2D eigenvalue weighted by molar-refractivity contribution is 6.10. The number of carbonyl (C=O) groups excluding carboxylic acids is 1. The summed E-state index contributed by atoms with van der Waals surface area (Å²) in [5.74, 6) is -0.651. The largest absolute Gasteiger partial charge is 0.463 e. The van der Waals surface area contributed by atoms with Gasteiger partial charge in [0.1, 0.15) is 17.4 Å². The molecule has 0 spiro atoms. The van der Waals surface area contributed by atoms with Gasteiger partial charge in [-0.25, -0.2) is 0 Å². The number of rotatable bonds is 2. The average Bonchev–Trinajstić information content (AvgIpc) is 2.61. The number of pyridine rings is 1. The van der Waals surface area contributed by atoms with Crippen LogP contribution in [0, 0.1) is 0 Å². The molecule has 2 aromatic heterocycles. The molecule has 0 aliphatic heterocycles. The number of hydrogen-bond acceptors (Lipinski definition) is 4. The van der Waals surface area contributed by atoms with Crippen LogP contribution in [-0.2, 0) is 0 Å². The predicted molar refractivity (Wildman–Crippen MR) is 90.5 cm³/mol. The molecule has 116 valence electrons. The number of ketones is 1. The maximum atomic E-state index is 12.7. The molecule has 0 fully saturated rings. The number of benzene rings is 2. The summed E-state index contributed by atoms with van der Waals surface area (Å²) >= 11 is 0. The number of hydrogen-bond donors (Lipinski definition) is 1. The van der Waals surface area contributed by atoms with E-state index in [1.54, 1.807) is 48.5 Å². The molecule has 0 bridgehead atoms. The number of nitrogens with one attached hydrogen (secondary N) is 1. The van der Waals surface area contributed by atoms with Crippen LogP contribution in [0.3, 0.4) is 0 Å². The molecule has 24 heavy (non-hydrogen) atoms. The molecule has 0 aliphatic rings. The van der Waals surface area contributed by atoms with Crippen molar-refractivity contribution < 1.29 is 9.21 Å². The van der Waals surface area contributed by atoms with Gasteiger partial charge < -0.3 is 9.40 Å². The van der Waals surface area contributed by atoms with E-state index in [1.165, 1.54) is 6.07 Å². The molecule has 0 saturated carbocycles. The summed E-state index contributed by atoms with van der Waals surface area (Å²) in [4.78, 5) is 40.1. The second kappa shape index (κ2) is 5.31. The van der Waals surface area contributed by atoms with Gasteiger partial charge in [-0.15, -0.1) is 0 Å². The lowest BCUT2D eigenvalue weighted by atomic mass is 10.0. The Bertz CT molecular complexity index is 1210. The van der Waals surface area contributed by atoms with Gasteiger partial charge in [-0.1, -0.05) is 30.3 Å². The highest BCUT2D eigenvalue weighted by Crippen LogP contribution is 2.15. The van der Waals surface area contributed by atoms with E-state index >= 15 is 0 Å². The van der Waals surface area contributed by atoms with Crippen LogP contribution in [0.1, 0.15) is 15.9 Å². The van der Waals surface area contributed by atoms with Crippen LogP contribution in [-0.4, -0.2) is 10.8 Å². The number of aromatic nitrogens is 1. The van der Waals surface area contributed by atoms with Crippen LogP contribution in [0.15, 0.2) is 74.9 Å². The van der Waals surface area contributed by atoms with Gasteiger partial charge in [-0.2, -0.15) is 0 Å². The normalized spacial score (nSPS) is 11.0. The fourth-order valence-electron chi connectivity index (χ4n) is 2.70. The highest BCUT2D eigenvalue weighted by atomic mass is 16.3. The van der Waals surface area contributed by atoms with E-state index in [4.69, 9.17) is 4.42 Å². The maximum absolute atomic E-state index is 12.7. The second-order valence-electron chi connectivity index (χ2n) is 5.40. The first-order valence-electron chi connectivity index (χ1n) is 7.32. The predicted octanol–water partition coefficient (Wildman–Crippen LogP) is 2.87. The molecule has 0 saturated heterocycles. The maximum Gasteiger partial charge on any atom is 0.259 e. The summed E-state index contributed by atoms with van der Waals surface area (Å²) < 4.78 is 5.36. The van der Waals surface area contributed by atoms with Crippen molar-refractivity contribution >= 4 is 27.7 Å². The van der Waals surface area contributed by atoms with Gasteiger partial charge >= 0.3 is 0 Å². The van der Waals surface area contributed by atoms with Gasteiger partial charge in [0.2, 0.25) is 11.2 Å². The van der Waals surface area contributed by atoms with Gasteiger partial charge in [0.25, 0.3) is 5.56 Å². The van der Waals surface area contributed by atoms with Crippen LogP contribution in [0.4, 0.5) is 0 Å². The third-order valence-corrected chi connectivity index (χ3v) is 3.92. The van der Waals surface area contributed by atoms with Crippen LogP contribution < -0.4 is 11.0 Å². The molecule has 0 atom stereocenters. The Labute approximate surface area is 135 Å². The second-order valence-corrected chi connectivity index (χ2v) is 5.40. The summed E-state index contributed by atoms with van der Waals surface area (Å²) in [7, 11) is 0. The van der Waals surface area contributed by atoms with E-state index in [2.05, 4.69) is 4.98 Å². The summed E-state index contributed by atoms with van der Waals surface area (Å²) in [6, 6.07) is 15.3. The minimum Gasteiger partial charge on any atom is -0.463 e. The van der Waals surface area contributed by atoms with Crippen LogP contribution >= 0.6 is 0 Å². The Balaban J connectivity index is 1.94. The Morgan fingerprint density at radius 3 is 2.54 bits per heavy atom. The van der Waals surface area contributed by atoms with Gasteiger partial charge in [0.15, 0.2) is 0 Å². The first kappa shape index (κ1) is 14.1. The topological polar surface area (TPSA) is 80.1 Å². The van der Waals surface area contributed by atoms with Crippen LogP contribution in [0.5, 0.6) is 0 Å². The molecule has 4 rings (SSSR count). The number of fused-ring (bicyclic) bond motifs is 2. The van der Waals surface area contributed by atoms with Crippen LogP contribution in [0.25, 0.3) is 21.9 Å². The third kappa shape index (κ3) is 2.14. The van der Waals surface area contributed by atoms with Crippen molar-refractivity contribution in [3.05, 3.63) is 92.6 Å². The summed E-state index contributed by atoms with van der Waals surface area (Å²) in [6.45, 7) is 0. The summed E-state index contributed by atoms with van der Waals surface area (Å²) in [6.07, 6.45) is 1.11. The fraction of sp³-hybridized carbons (Fsp3) is 0. The quantitative estimate of drug-likeness (QED) is 0.576. The number of H-pyrrole nitrogens is 1. The van der Waals surface area contributed by atoms with Crippen molar-refractivity contribution in [3.8, 4) is 0 Å². The van der Waals surface area contributed by atoms with E-state index in [0.717, 1.165) is 6.26 Å². The average molecular weight is 317 g/mol. The Morgan fingerprint density at radius 1 is 0.917 bits per heavy atom. The molecular formula is C19H11NO4. The summed E-state index contributed by atoms with van der Waals surface area (Å²) in [5, 5.41) is 1.02. The Hall–Kier alpha value is -3.47. The lowest BCUT2D eigenvalue weighted by molar-refractivity contribution is 0.103. The smallest absolute Gasteiger partial charge is 0.259 e. The van der Waals surface area contributed by atoms with E-state index in [0.29, 0.717) is 21.9 Å². The monoisotopic (exact) mass is 317 g/mol. The third-order valence-electron chi connectivity index (χ3n) is 3.92. The molecule has 4 aromatic rings. The van der Waals surface area contributed by atoms with Crippen molar-refractivity contribution in [2.75, 3.05) is 0 Å². The van der Waals surface area contributed by atoms with Crippen molar-refractivity contribution in [2.24, 2.45) is 0 Å². The van der Waals surface area contributed by atoms with E-state index in [-0.39, 0.29) is 11.1 Å². The van der Waals surface area contributed by atoms with Gasteiger partial charge in [-0.05, 0) is 29.7 Å². The zero-order valence-electron chi connectivity index (χ0n) is 12.4. The molecule has 1 N–H and O–H groups in total. The fourth-order valence-corrected chi connectivity index (χ4v) is 2.70. The van der Waals surface area contributed by atoms with Gasteiger partial charge in [0.05, 0.1) is 10.9 Å². The molecule has 2 aromatic carbocycles. The van der Waals surface area contributed by atoms with Crippen molar-refractivity contribution in [2.45, 2.75) is 0 Å².